The highest BCUT2D eigenvalue weighted by atomic mass is 19.1. The van der Waals surface area contributed by atoms with Gasteiger partial charge < -0.3 is 5.11 Å². The second-order valence-electron chi connectivity index (χ2n) is 6.35. The molecule has 1 N–H and O–H groups in total. The van der Waals surface area contributed by atoms with Gasteiger partial charge in [-0.1, -0.05) is 32.9 Å². The van der Waals surface area contributed by atoms with Crippen molar-refractivity contribution in [1.29, 1.82) is 0 Å². The van der Waals surface area contributed by atoms with E-state index in [2.05, 4.69) is 20.8 Å². The van der Waals surface area contributed by atoms with Gasteiger partial charge in [-0.05, 0) is 41.9 Å². The number of benzene rings is 1. The van der Waals surface area contributed by atoms with Crippen LogP contribution in [0, 0.1) is 17.2 Å². The largest absolute Gasteiger partial charge is 0.389 e. The Balaban J connectivity index is 2.15. The van der Waals surface area contributed by atoms with E-state index < -0.39 is 5.60 Å². The number of rotatable bonds is 2. The van der Waals surface area contributed by atoms with Gasteiger partial charge in [0.05, 0.1) is 5.60 Å². The van der Waals surface area contributed by atoms with Crippen LogP contribution in [0.1, 0.15) is 39.2 Å². The van der Waals surface area contributed by atoms with Gasteiger partial charge in [-0.2, -0.15) is 0 Å². The monoisotopic (exact) mass is 236 g/mol. The molecule has 1 saturated carbocycles. The molecule has 0 amide bonds. The Morgan fingerprint density at radius 3 is 2.35 bits per heavy atom. The van der Waals surface area contributed by atoms with Crippen LogP contribution in [-0.4, -0.2) is 10.7 Å². The lowest BCUT2D eigenvalue weighted by atomic mass is 9.84. The fraction of sp³-hybridized carbons (Fsp3) is 0.600. The van der Waals surface area contributed by atoms with Crippen LogP contribution in [0.3, 0.4) is 0 Å². The zero-order valence-electron chi connectivity index (χ0n) is 10.8. The van der Waals surface area contributed by atoms with Crippen LogP contribution in [0.4, 0.5) is 4.39 Å². The van der Waals surface area contributed by atoms with E-state index in [4.69, 9.17) is 0 Å². The lowest BCUT2D eigenvalue weighted by Crippen LogP contribution is -2.34. The molecule has 2 heteroatoms. The third-order valence-corrected chi connectivity index (χ3v) is 3.98. The summed E-state index contributed by atoms with van der Waals surface area (Å²) >= 11 is 0. The average molecular weight is 236 g/mol. The molecular weight excluding hydrogens is 215 g/mol. The van der Waals surface area contributed by atoms with Gasteiger partial charge >= 0.3 is 0 Å². The molecule has 0 aliphatic heterocycles. The van der Waals surface area contributed by atoms with Crippen molar-refractivity contribution >= 4 is 0 Å². The van der Waals surface area contributed by atoms with Gasteiger partial charge in [0.2, 0.25) is 0 Å². The Kier molecular flexibility index (Phi) is 3.03. The zero-order chi connectivity index (χ0) is 12.7. The van der Waals surface area contributed by atoms with Crippen LogP contribution < -0.4 is 0 Å². The van der Waals surface area contributed by atoms with Gasteiger partial charge in [0, 0.05) is 6.42 Å². The molecule has 1 aliphatic rings. The van der Waals surface area contributed by atoms with E-state index in [1.165, 1.54) is 12.1 Å². The molecule has 0 saturated heterocycles. The topological polar surface area (TPSA) is 20.2 Å². The second-order valence-corrected chi connectivity index (χ2v) is 6.35. The summed E-state index contributed by atoms with van der Waals surface area (Å²) in [4.78, 5) is 0. The van der Waals surface area contributed by atoms with E-state index in [1.54, 1.807) is 12.1 Å². The second kappa shape index (κ2) is 4.09. The summed E-state index contributed by atoms with van der Waals surface area (Å²) in [6.07, 6.45) is 2.49. The lowest BCUT2D eigenvalue weighted by molar-refractivity contribution is 0.00444. The van der Waals surface area contributed by atoms with Crippen molar-refractivity contribution in [2.75, 3.05) is 0 Å². The molecule has 94 valence electrons. The van der Waals surface area contributed by atoms with Crippen LogP contribution in [-0.2, 0) is 6.42 Å². The van der Waals surface area contributed by atoms with Gasteiger partial charge in [-0.15, -0.1) is 0 Å². The SMILES string of the molecule is CC1CC(C)(C)CC1(O)Cc1ccc(F)cc1. The van der Waals surface area contributed by atoms with Crippen LogP contribution in [0.5, 0.6) is 0 Å². The summed E-state index contributed by atoms with van der Waals surface area (Å²) in [5, 5.41) is 10.7. The van der Waals surface area contributed by atoms with Crippen molar-refractivity contribution in [3.8, 4) is 0 Å². The third-order valence-electron chi connectivity index (χ3n) is 3.98. The predicted octanol–water partition coefficient (Wildman–Crippen LogP) is 3.56. The molecule has 0 spiro atoms. The molecule has 2 rings (SSSR count). The highest BCUT2D eigenvalue weighted by Crippen LogP contribution is 2.48. The van der Waals surface area contributed by atoms with E-state index in [1.807, 2.05) is 0 Å². The van der Waals surface area contributed by atoms with Crippen molar-refractivity contribution in [2.24, 2.45) is 11.3 Å². The Bertz CT molecular complexity index is 396. The average Bonchev–Trinajstić information content (AvgIpc) is 2.39. The first kappa shape index (κ1) is 12.6. The minimum Gasteiger partial charge on any atom is -0.389 e. The van der Waals surface area contributed by atoms with Crippen molar-refractivity contribution in [2.45, 2.75) is 45.6 Å². The summed E-state index contributed by atoms with van der Waals surface area (Å²) in [6, 6.07) is 6.46. The number of aliphatic hydroxyl groups is 1. The van der Waals surface area contributed by atoms with E-state index in [9.17, 15) is 9.50 Å². The Labute approximate surface area is 103 Å². The molecule has 1 fully saturated rings. The van der Waals surface area contributed by atoms with Gasteiger partial charge in [-0.25, -0.2) is 4.39 Å². The molecule has 1 aromatic rings. The minimum absolute atomic E-state index is 0.203. The molecule has 2 atom stereocenters. The first-order valence-electron chi connectivity index (χ1n) is 6.28. The van der Waals surface area contributed by atoms with Crippen molar-refractivity contribution < 1.29 is 9.50 Å². The highest BCUT2D eigenvalue weighted by Gasteiger charge is 2.47. The molecule has 1 aliphatic carbocycles. The first-order chi connectivity index (χ1) is 7.81. The summed E-state index contributed by atoms with van der Waals surface area (Å²) in [7, 11) is 0. The third kappa shape index (κ3) is 2.68. The Hall–Kier alpha value is -0.890. The van der Waals surface area contributed by atoms with Crippen LogP contribution >= 0.6 is 0 Å². The first-order valence-corrected chi connectivity index (χ1v) is 6.28. The molecule has 0 radical (unpaired) electrons. The van der Waals surface area contributed by atoms with Gasteiger partial charge in [0.1, 0.15) is 5.82 Å². The van der Waals surface area contributed by atoms with Crippen LogP contribution in [0.2, 0.25) is 0 Å². The van der Waals surface area contributed by atoms with Gasteiger partial charge in [0.15, 0.2) is 0 Å². The lowest BCUT2D eigenvalue weighted by Gasteiger charge is -2.28. The van der Waals surface area contributed by atoms with E-state index in [0.717, 1.165) is 18.4 Å². The number of hydrogen-bond donors (Lipinski definition) is 1. The molecule has 0 aromatic heterocycles. The molecule has 1 nitrogen and oxygen atoms in total. The Morgan fingerprint density at radius 1 is 1.29 bits per heavy atom. The Morgan fingerprint density at radius 2 is 1.88 bits per heavy atom. The molecule has 0 heterocycles. The molecule has 17 heavy (non-hydrogen) atoms. The summed E-state index contributed by atoms with van der Waals surface area (Å²) < 4.78 is 12.8. The summed E-state index contributed by atoms with van der Waals surface area (Å²) in [6.45, 7) is 6.51. The van der Waals surface area contributed by atoms with E-state index >= 15 is 0 Å². The summed E-state index contributed by atoms with van der Waals surface area (Å²) in [5.74, 6) is 0.0723. The van der Waals surface area contributed by atoms with Crippen LogP contribution in [0.25, 0.3) is 0 Å². The number of halogens is 1. The fourth-order valence-corrected chi connectivity index (χ4v) is 3.29. The molecular formula is C15H21FO. The van der Waals surface area contributed by atoms with E-state index in [-0.39, 0.29) is 11.2 Å². The highest BCUT2D eigenvalue weighted by molar-refractivity contribution is 5.19. The van der Waals surface area contributed by atoms with Gasteiger partial charge in [0.25, 0.3) is 0 Å². The maximum Gasteiger partial charge on any atom is 0.123 e. The zero-order valence-corrected chi connectivity index (χ0v) is 10.8. The normalized spacial score (nSPS) is 31.7. The molecule has 1 aromatic carbocycles. The van der Waals surface area contributed by atoms with Crippen molar-refractivity contribution in [3.63, 3.8) is 0 Å². The van der Waals surface area contributed by atoms with Crippen molar-refractivity contribution in [1.82, 2.24) is 0 Å². The molecule has 0 bridgehead atoms. The molecule has 2 unspecified atom stereocenters. The fourth-order valence-electron chi connectivity index (χ4n) is 3.29. The van der Waals surface area contributed by atoms with Gasteiger partial charge in [-0.3, -0.25) is 0 Å². The minimum atomic E-state index is -0.638. The van der Waals surface area contributed by atoms with Crippen LogP contribution in [0.15, 0.2) is 24.3 Å². The maximum atomic E-state index is 12.8. The predicted molar refractivity (Wildman–Crippen MR) is 67.2 cm³/mol. The smallest absolute Gasteiger partial charge is 0.123 e. The maximum absolute atomic E-state index is 12.8. The quantitative estimate of drug-likeness (QED) is 0.832. The standard InChI is InChI=1S/C15H21FO/c1-11-8-14(2,3)10-15(11,17)9-12-4-6-13(16)7-5-12/h4-7,11,17H,8-10H2,1-3H3. The van der Waals surface area contributed by atoms with E-state index in [0.29, 0.717) is 12.3 Å². The number of hydrogen-bond acceptors (Lipinski definition) is 1. The summed E-state index contributed by atoms with van der Waals surface area (Å²) in [5.41, 5.74) is 0.577. The van der Waals surface area contributed by atoms with Crippen molar-refractivity contribution in [3.05, 3.63) is 35.6 Å².